The number of nitrogens with one attached hydrogen (secondary N) is 1. The number of hydrogen-bond donors (Lipinski definition) is 2. The first-order valence-electron chi connectivity index (χ1n) is 6.97. The molecule has 3 N–H and O–H groups in total. The van der Waals surface area contributed by atoms with Crippen LogP contribution in [0.5, 0.6) is 0 Å². The van der Waals surface area contributed by atoms with Crippen LogP contribution < -0.4 is 11.1 Å². The number of carbonyl (C=O) groups excluding carboxylic acids is 1. The summed E-state index contributed by atoms with van der Waals surface area (Å²) in [5.41, 5.74) is 6.72. The molecule has 3 atom stereocenters. The maximum Gasteiger partial charge on any atom is 0.244 e. The summed E-state index contributed by atoms with van der Waals surface area (Å²) < 4.78 is 1.57. The number of amides is 1. The smallest absolute Gasteiger partial charge is 0.244 e. The van der Waals surface area contributed by atoms with Gasteiger partial charge in [0.1, 0.15) is 6.04 Å². The van der Waals surface area contributed by atoms with E-state index in [-0.39, 0.29) is 24.0 Å². The summed E-state index contributed by atoms with van der Waals surface area (Å²) in [7, 11) is 0. The zero-order chi connectivity index (χ0) is 14.4. The second-order valence-corrected chi connectivity index (χ2v) is 5.01. The van der Waals surface area contributed by atoms with Crippen molar-refractivity contribution < 1.29 is 4.79 Å². The van der Waals surface area contributed by atoms with Crippen LogP contribution in [0, 0.1) is 0 Å². The Labute approximate surface area is 114 Å². The van der Waals surface area contributed by atoms with Crippen LogP contribution >= 0.6 is 0 Å². The lowest BCUT2D eigenvalue weighted by Gasteiger charge is -2.16. The first-order chi connectivity index (χ1) is 8.99. The lowest BCUT2D eigenvalue weighted by molar-refractivity contribution is -0.124. The van der Waals surface area contributed by atoms with Gasteiger partial charge in [-0.1, -0.05) is 25.5 Å². The molecule has 0 spiro atoms. The zero-order valence-electron chi connectivity index (χ0n) is 12.3. The molecule has 6 heteroatoms. The van der Waals surface area contributed by atoms with E-state index in [9.17, 15) is 4.79 Å². The number of rotatable bonds is 7. The summed E-state index contributed by atoms with van der Waals surface area (Å²) in [6.45, 7) is 7.90. The molecule has 1 aromatic heterocycles. The van der Waals surface area contributed by atoms with Crippen LogP contribution in [0.2, 0.25) is 0 Å². The molecular weight excluding hydrogens is 242 g/mol. The average molecular weight is 267 g/mol. The Morgan fingerprint density at radius 2 is 2.16 bits per heavy atom. The van der Waals surface area contributed by atoms with Crippen molar-refractivity contribution in [1.82, 2.24) is 20.3 Å². The molecule has 0 aliphatic rings. The van der Waals surface area contributed by atoms with Crippen LogP contribution in [0.4, 0.5) is 0 Å². The third kappa shape index (κ3) is 4.31. The predicted octanol–water partition coefficient (Wildman–Crippen LogP) is 1.55. The van der Waals surface area contributed by atoms with Crippen molar-refractivity contribution in [2.75, 3.05) is 0 Å². The van der Waals surface area contributed by atoms with Crippen molar-refractivity contribution in [2.24, 2.45) is 5.73 Å². The molecular formula is C13H25N5O. The maximum absolute atomic E-state index is 12.0. The third-order valence-corrected chi connectivity index (χ3v) is 3.28. The monoisotopic (exact) mass is 267 g/mol. The predicted molar refractivity (Wildman–Crippen MR) is 74.5 cm³/mol. The molecule has 1 aromatic rings. The molecule has 0 radical (unpaired) electrons. The van der Waals surface area contributed by atoms with Gasteiger partial charge in [-0.3, -0.25) is 4.79 Å². The van der Waals surface area contributed by atoms with Gasteiger partial charge in [0.25, 0.3) is 0 Å². The summed E-state index contributed by atoms with van der Waals surface area (Å²) in [6, 6.07) is -0.312. The molecule has 0 saturated heterocycles. The SMILES string of the molecule is CCCC(N)c1cn(C(C)C(=O)NC(C)CC)nn1. The van der Waals surface area contributed by atoms with Crippen LogP contribution in [0.15, 0.2) is 6.20 Å². The Hall–Kier alpha value is -1.43. The fraction of sp³-hybridized carbons (Fsp3) is 0.769. The summed E-state index contributed by atoms with van der Waals surface area (Å²) in [4.78, 5) is 12.0. The molecule has 0 fully saturated rings. The Morgan fingerprint density at radius 3 is 2.74 bits per heavy atom. The van der Waals surface area contributed by atoms with E-state index in [0.717, 1.165) is 25.0 Å². The fourth-order valence-electron chi connectivity index (χ4n) is 1.69. The molecule has 0 aliphatic heterocycles. The zero-order valence-corrected chi connectivity index (χ0v) is 12.3. The van der Waals surface area contributed by atoms with E-state index in [1.807, 2.05) is 20.8 Å². The standard InChI is InChI=1S/C13H25N5O/c1-5-7-11(14)12-8-18(17-16-12)10(4)13(19)15-9(3)6-2/h8-11H,5-7,14H2,1-4H3,(H,15,19). The molecule has 19 heavy (non-hydrogen) atoms. The van der Waals surface area contributed by atoms with E-state index in [0.29, 0.717) is 0 Å². The normalized spacial score (nSPS) is 15.8. The van der Waals surface area contributed by atoms with E-state index in [1.54, 1.807) is 10.9 Å². The highest BCUT2D eigenvalue weighted by molar-refractivity contribution is 5.79. The van der Waals surface area contributed by atoms with Crippen LogP contribution in [0.1, 0.15) is 64.7 Å². The quantitative estimate of drug-likeness (QED) is 0.785. The van der Waals surface area contributed by atoms with Crippen LogP contribution in [0.3, 0.4) is 0 Å². The first kappa shape index (κ1) is 15.6. The number of nitrogens with two attached hydrogens (primary N) is 1. The third-order valence-electron chi connectivity index (χ3n) is 3.28. The van der Waals surface area contributed by atoms with Gasteiger partial charge in [0.15, 0.2) is 0 Å². The number of nitrogens with zero attached hydrogens (tertiary/aromatic N) is 3. The van der Waals surface area contributed by atoms with Gasteiger partial charge in [-0.25, -0.2) is 4.68 Å². The molecule has 0 aromatic carbocycles. The van der Waals surface area contributed by atoms with E-state index in [2.05, 4.69) is 22.6 Å². The van der Waals surface area contributed by atoms with Gasteiger partial charge in [0, 0.05) is 6.04 Å². The molecule has 108 valence electrons. The Morgan fingerprint density at radius 1 is 1.47 bits per heavy atom. The van der Waals surface area contributed by atoms with Crippen molar-refractivity contribution in [3.63, 3.8) is 0 Å². The van der Waals surface area contributed by atoms with Gasteiger partial charge in [0.2, 0.25) is 5.91 Å². The Balaban J connectivity index is 2.67. The summed E-state index contributed by atoms with van der Waals surface area (Å²) in [6.07, 6.45) is 4.54. The summed E-state index contributed by atoms with van der Waals surface area (Å²) in [5.74, 6) is -0.0464. The molecule has 0 bridgehead atoms. The second-order valence-electron chi connectivity index (χ2n) is 5.01. The van der Waals surface area contributed by atoms with E-state index >= 15 is 0 Å². The van der Waals surface area contributed by atoms with Crippen molar-refractivity contribution in [3.05, 3.63) is 11.9 Å². The number of carbonyl (C=O) groups is 1. The minimum Gasteiger partial charge on any atom is -0.352 e. The van der Waals surface area contributed by atoms with Crippen LogP contribution in [0.25, 0.3) is 0 Å². The first-order valence-corrected chi connectivity index (χ1v) is 6.97. The van der Waals surface area contributed by atoms with Gasteiger partial charge in [0.05, 0.1) is 17.9 Å². The van der Waals surface area contributed by atoms with Crippen molar-refractivity contribution in [2.45, 2.75) is 65.1 Å². The summed E-state index contributed by atoms with van der Waals surface area (Å²) in [5, 5.41) is 11.0. The number of aromatic nitrogens is 3. The molecule has 1 heterocycles. The van der Waals surface area contributed by atoms with Gasteiger partial charge in [-0.05, 0) is 26.7 Å². The largest absolute Gasteiger partial charge is 0.352 e. The lowest BCUT2D eigenvalue weighted by atomic mass is 10.1. The van der Waals surface area contributed by atoms with Crippen molar-refractivity contribution in [1.29, 1.82) is 0 Å². The van der Waals surface area contributed by atoms with Gasteiger partial charge in [-0.15, -0.1) is 5.10 Å². The van der Waals surface area contributed by atoms with Crippen LogP contribution in [-0.2, 0) is 4.79 Å². The Kier molecular flexibility index (Phi) is 5.95. The maximum atomic E-state index is 12.0. The van der Waals surface area contributed by atoms with E-state index < -0.39 is 0 Å². The molecule has 3 unspecified atom stereocenters. The highest BCUT2D eigenvalue weighted by Crippen LogP contribution is 2.14. The summed E-state index contributed by atoms with van der Waals surface area (Å²) >= 11 is 0. The second kappa shape index (κ2) is 7.23. The average Bonchev–Trinajstić information content (AvgIpc) is 2.87. The fourth-order valence-corrected chi connectivity index (χ4v) is 1.69. The highest BCUT2D eigenvalue weighted by Gasteiger charge is 2.19. The topological polar surface area (TPSA) is 85.8 Å². The van der Waals surface area contributed by atoms with E-state index in [1.165, 1.54) is 0 Å². The highest BCUT2D eigenvalue weighted by atomic mass is 16.2. The molecule has 0 aliphatic carbocycles. The van der Waals surface area contributed by atoms with Gasteiger partial charge >= 0.3 is 0 Å². The molecule has 1 amide bonds. The van der Waals surface area contributed by atoms with Gasteiger partial charge in [-0.2, -0.15) is 0 Å². The molecule has 0 saturated carbocycles. The van der Waals surface area contributed by atoms with Crippen LogP contribution in [-0.4, -0.2) is 26.9 Å². The minimum absolute atomic E-state index is 0.0464. The number of hydrogen-bond acceptors (Lipinski definition) is 4. The van der Waals surface area contributed by atoms with Gasteiger partial charge < -0.3 is 11.1 Å². The molecule has 6 nitrogen and oxygen atoms in total. The minimum atomic E-state index is -0.371. The Bertz CT molecular complexity index is 403. The van der Waals surface area contributed by atoms with E-state index in [4.69, 9.17) is 5.73 Å². The lowest BCUT2D eigenvalue weighted by Crippen LogP contribution is -2.37. The van der Waals surface area contributed by atoms with Crippen molar-refractivity contribution >= 4 is 5.91 Å². The molecule has 1 rings (SSSR count). The van der Waals surface area contributed by atoms with Crippen molar-refractivity contribution in [3.8, 4) is 0 Å².